The maximum Gasteiger partial charge on any atom is 0.141 e. The third-order valence-electron chi connectivity index (χ3n) is 1.79. The number of anilines is 1. The van der Waals surface area contributed by atoms with E-state index < -0.39 is 0 Å². The normalized spacial score (nSPS) is 10.1. The first-order valence-corrected chi connectivity index (χ1v) is 5.33. The molecule has 2 N–H and O–H groups in total. The Morgan fingerprint density at radius 1 is 1.19 bits per heavy atom. The summed E-state index contributed by atoms with van der Waals surface area (Å²) in [7, 11) is 0. The monoisotopic (exact) mass is 280 g/mol. The van der Waals surface area contributed by atoms with Crippen molar-refractivity contribution in [3.8, 4) is 5.75 Å². The summed E-state index contributed by atoms with van der Waals surface area (Å²) in [6.07, 6.45) is 6.41. The van der Waals surface area contributed by atoms with E-state index in [0.717, 1.165) is 4.47 Å². The number of nitrogens with two attached hydrogens (primary N) is 1. The largest absolute Gasteiger partial charge is 0.486 e. The van der Waals surface area contributed by atoms with Crippen LogP contribution in [0, 0.1) is 0 Å². The van der Waals surface area contributed by atoms with Gasteiger partial charge in [0, 0.05) is 10.7 Å². The van der Waals surface area contributed by atoms with Crippen molar-refractivity contribution in [3.05, 3.63) is 41.0 Å². The Labute approximate surface area is 101 Å². The van der Waals surface area contributed by atoms with Crippen LogP contribution in [0.1, 0.15) is 5.69 Å². The standard InChI is InChI=1S/C10H9BrN4O/c11-7-1-9(4-13-2-7)16-6-8-3-15-10(12)5-14-8/h1-5H,6H2,(H2,12,15). The first-order chi connectivity index (χ1) is 7.74. The third-order valence-corrected chi connectivity index (χ3v) is 2.23. The lowest BCUT2D eigenvalue weighted by Crippen LogP contribution is -2.00. The zero-order valence-electron chi connectivity index (χ0n) is 8.30. The lowest BCUT2D eigenvalue weighted by Gasteiger charge is -2.05. The van der Waals surface area contributed by atoms with Gasteiger partial charge in [0.2, 0.25) is 0 Å². The summed E-state index contributed by atoms with van der Waals surface area (Å²) in [5, 5.41) is 0. The summed E-state index contributed by atoms with van der Waals surface area (Å²) in [5.74, 6) is 1.07. The summed E-state index contributed by atoms with van der Waals surface area (Å²) in [6, 6.07) is 1.83. The van der Waals surface area contributed by atoms with E-state index in [1.54, 1.807) is 18.6 Å². The minimum atomic E-state index is 0.339. The van der Waals surface area contributed by atoms with Crippen LogP contribution in [-0.2, 0) is 6.61 Å². The molecule has 0 fully saturated rings. The van der Waals surface area contributed by atoms with Gasteiger partial charge in [-0.2, -0.15) is 0 Å². The van der Waals surface area contributed by atoms with Crippen LogP contribution in [0.25, 0.3) is 0 Å². The lowest BCUT2D eigenvalue weighted by atomic mass is 10.4. The molecule has 2 heterocycles. The Hall–Kier alpha value is -1.69. The highest BCUT2D eigenvalue weighted by Gasteiger charge is 1.99. The van der Waals surface area contributed by atoms with Gasteiger partial charge in [-0.15, -0.1) is 0 Å². The first kappa shape index (κ1) is 10.8. The predicted molar refractivity (Wildman–Crippen MR) is 62.7 cm³/mol. The van der Waals surface area contributed by atoms with Crippen molar-refractivity contribution in [2.75, 3.05) is 5.73 Å². The summed E-state index contributed by atoms with van der Waals surface area (Å²) in [6.45, 7) is 0.339. The van der Waals surface area contributed by atoms with E-state index in [9.17, 15) is 0 Å². The van der Waals surface area contributed by atoms with Crippen molar-refractivity contribution in [3.63, 3.8) is 0 Å². The molecule has 2 rings (SSSR count). The van der Waals surface area contributed by atoms with E-state index >= 15 is 0 Å². The molecule has 0 saturated heterocycles. The van der Waals surface area contributed by atoms with Gasteiger partial charge >= 0.3 is 0 Å². The molecule has 0 radical (unpaired) electrons. The molecule has 0 bridgehead atoms. The molecule has 2 aromatic heterocycles. The van der Waals surface area contributed by atoms with Gasteiger partial charge in [-0.05, 0) is 22.0 Å². The fourth-order valence-corrected chi connectivity index (χ4v) is 1.41. The minimum absolute atomic E-state index is 0.339. The zero-order valence-corrected chi connectivity index (χ0v) is 9.89. The number of rotatable bonds is 3. The highest BCUT2D eigenvalue weighted by atomic mass is 79.9. The zero-order chi connectivity index (χ0) is 11.4. The quantitative estimate of drug-likeness (QED) is 0.928. The van der Waals surface area contributed by atoms with Crippen molar-refractivity contribution < 1.29 is 4.74 Å². The van der Waals surface area contributed by atoms with Gasteiger partial charge in [0.1, 0.15) is 18.2 Å². The second-order valence-corrected chi connectivity index (χ2v) is 3.98. The van der Waals surface area contributed by atoms with E-state index in [0.29, 0.717) is 23.9 Å². The molecule has 0 saturated carbocycles. The molecule has 0 spiro atoms. The second kappa shape index (κ2) is 4.89. The van der Waals surface area contributed by atoms with Gasteiger partial charge in [-0.1, -0.05) is 0 Å². The molecule has 5 nitrogen and oxygen atoms in total. The minimum Gasteiger partial charge on any atom is -0.486 e. The molecule has 0 aromatic carbocycles. The van der Waals surface area contributed by atoms with Crippen LogP contribution in [0.3, 0.4) is 0 Å². The molecule has 0 aliphatic carbocycles. The Kier molecular flexibility index (Phi) is 3.31. The Balaban J connectivity index is 1.99. The van der Waals surface area contributed by atoms with E-state index in [2.05, 4.69) is 30.9 Å². The van der Waals surface area contributed by atoms with E-state index in [1.165, 1.54) is 6.20 Å². The van der Waals surface area contributed by atoms with Crippen LogP contribution in [-0.4, -0.2) is 15.0 Å². The maximum atomic E-state index is 5.48. The number of ether oxygens (including phenoxy) is 1. The van der Waals surface area contributed by atoms with Crippen molar-refractivity contribution in [2.24, 2.45) is 0 Å². The predicted octanol–water partition coefficient (Wildman–Crippen LogP) is 1.80. The molecule has 16 heavy (non-hydrogen) atoms. The summed E-state index contributed by atoms with van der Waals surface area (Å²) in [4.78, 5) is 12.0. The van der Waals surface area contributed by atoms with Gasteiger partial charge in [0.25, 0.3) is 0 Å². The third kappa shape index (κ3) is 2.90. The Bertz CT molecular complexity index is 475. The topological polar surface area (TPSA) is 73.9 Å². The summed E-state index contributed by atoms with van der Waals surface area (Å²) < 4.78 is 6.35. The molecular formula is C10H9BrN4O. The second-order valence-electron chi connectivity index (χ2n) is 3.06. The van der Waals surface area contributed by atoms with Crippen molar-refractivity contribution >= 4 is 21.7 Å². The van der Waals surface area contributed by atoms with E-state index in [-0.39, 0.29) is 0 Å². The van der Waals surface area contributed by atoms with Gasteiger partial charge in [-0.3, -0.25) is 9.97 Å². The molecule has 82 valence electrons. The summed E-state index contributed by atoms with van der Waals surface area (Å²) >= 11 is 3.31. The first-order valence-electron chi connectivity index (χ1n) is 4.54. The van der Waals surface area contributed by atoms with Gasteiger partial charge < -0.3 is 10.5 Å². The number of halogens is 1. The molecule has 6 heteroatoms. The number of pyridine rings is 1. The van der Waals surface area contributed by atoms with Crippen LogP contribution in [0.2, 0.25) is 0 Å². The SMILES string of the molecule is Nc1cnc(COc2cncc(Br)c2)cn1. The molecule has 0 atom stereocenters. The van der Waals surface area contributed by atoms with Gasteiger partial charge in [-0.25, -0.2) is 4.98 Å². The van der Waals surface area contributed by atoms with Crippen LogP contribution in [0.5, 0.6) is 5.75 Å². The number of aromatic nitrogens is 3. The van der Waals surface area contributed by atoms with Crippen LogP contribution in [0.15, 0.2) is 35.3 Å². The van der Waals surface area contributed by atoms with Gasteiger partial charge in [0.05, 0.1) is 24.3 Å². The highest BCUT2D eigenvalue weighted by Crippen LogP contribution is 2.16. The lowest BCUT2D eigenvalue weighted by molar-refractivity contribution is 0.299. The summed E-state index contributed by atoms with van der Waals surface area (Å²) in [5.41, 5.74) is 6.14. The van der Waals surface area contributed by atoms with Crippen LogP contribution in [0.4, 0.5) is 5.82 Å². The van der Waals surface area contributed by atoms with Crippen molar-refractivity contribution in [1.29, 1.82) is 0 Å². The molecule has 0 amide bonds. The average Bonchev–Trinajstić information content (AvgIpc) is 2.28. The molecular weight excluding hydrogens is 272 g/mol. The van der Waals surface area contributed by atoms with E-state index in [4.69, 9.17) is 10.5 Å². The van der Waals surface area contributed by atoms with Gasteiger partial charge in [0.15, 0.2) is 0 Å². The van der Waals surface area contributed by atoms with Crippen LogP contribution < -0.4 is 10.5 Å². The van der Waals surface area contributed by atoms with Crippen LogP contribution >= 0.6 is 15.9 Å². The van der Waals surface area contributed by atoms with Crippen molar-refractivity contribution in [1.82, 2.24) is 15.0 Å². The molecule has 0 aliphatic heterocycles. The molecule has 0 aliphatic rings. The maximum absolute atomic E-state index is 5.48. The highest BCUT2D eigenvalue weighted by molar-refractivity contribution is 9.10. The smallest absolute Gasteiger partial charge is 0.141 e. The van der Waals surface area contributed by atoms with Crippen molar-refractivity contribution in [2.45, 2.75) is 6.61 Å². The Morgan fingerprint density at radius 2 is 2.06 bits per heavy atom. The average molecular weight is 281 g/mol. The molecule has 2 aromatic rings. The number of hydrogen-bond donors (Lipinski definition) is 1. The number of nitrogens with zero attached hydrogens (tertiary/aromatic N) is 3. The fraction of sp³-hybridized carbons (Fsp3) is 0.100. The Morgan fingerprint density at radius 3 is 2.75 bits per heavy atom. The molecule has 0 unspecified atom stereocenters. The van der Waals surface area contributed by atoms with E-state index in [1.807, 2.05) is 6.07 Å². The fourth-order valence-electron chi connectivity index (χ4n) is 1.07. The number of nitrogen functional groups attached to an aromatic ring is 1. The number of hydrogen-bond acceptors (Lipinski definition) is 5.